The number of carbonyl (C=O) groups is 1. The van der Waals surface area contributed by atoms with E-state index in [1.165, 1.54) is 0 Å². The molecule has 0 aliphatic heterocycles. The van der Waals surface area contributed by atoms with Crippen LogP contribution in [0.5, 0.6) is 0 Å². The summed E-state index contributed by atoms with van der Waals surface area (Å²) in [6.45, 7) is 2.07. The minimum absolute atomic E-state index is 0.258. The second-order valence-corrected chi connectivity index (χ2v) is 2.20. The predicted octanol–water partition coefficient (Wildman–Crippen LogP) is 1.52. The molecular formula is C8H12O2. The fourth-order valence-electron chi connectivity index (χ4n) is 0.699. The summed E-state index contributed by atoms with van der Waals surface area (Å²) in [5, 5.41) is 0. The molecule has 2 heteroatoms. The van der Waals surface area contributed by atoms with Crippen LogP contribution in [0.3, 0.4) is 0 Å². The Morgan fingerprint density at radius 1 is 1.50 bits per heavy atom. The van der Waals surface area contributed by atoms with Crippen molar-refractivity contribution < 1.29 is 9.59 Å². The molecule has 0 aromatic heterocycles. The van der Waals surface area contributed by atoms with Crippen LogP contribution in [0.1, 0.15) is 32.6 Å². The molecule has 56 valence electrons. The molecule has 10 heavy (non-hydrogen) atoms. The zero-order valence-electron chi connectivity index (χ0n) is 6.22. The Morgan fingerprint density at radius 2 is 2.20 bits per heavy atom. The van der Waals surface area contributed by atoms with Crippen LogP contribution >= 0.6 is 0 Å². The van der Waals surface area contributed by atoms with Gasteiger partial charge >= 0.3 is 0 Å². The molecular weight excluding hydrogens is 128 g/mol. The summed E-state index contributed by atoms with van der Waals surface area (Å²) in [5.74, 6) is 1.61. The van der Waals surface area contributed by atoms with Gasteiger partial charge in [0.05, 0.1) is 5.57 Å². The average molecular weight is 140 g/mol. The fourth-order valence-corrected chi connectivity index (χ4v) is 0.699. The monoisotopic (exact) mass is 140 g/mol. The summed E-state index contributed by atoms with van der Waals surface area (Å²) in [6.07, 6.45) is 4.26. The van der Waals surface area contributed by atoms with Crippen molar-refractivity contribution in [1.29, 1.82) is 0 Å². The van der Waals surface area contributed by atoms with Crippen molar-refractivity contribution in [3.8, 4) is 0 Å². The Bertz CT molecular complexity index is 143. The highest BCUT2D eigenvalue weighted by Gasteiger charge is 1.94. The Labute approximate surface area is 60.9 Å². The number of carbonyl (C=O) groups excluding carboxylic acids is 2. The first-order valence-corrected chi connectivity index (χ1v) is 3.54. The zero-order valence-corrected chi connectivity index (χ0v) is 6.22. The van der Waals surface area contributed by atoms with Gasteiger partial charge in [-0.25, -0.2) is 4.79 Å². The van der Waals surface area contributed by atoms with Crippen LogP contribution in [-0.2, 0) is 9.59 Å². The third-order valence-electron chi connectivity index (χ3n) is 1.32. The average Bonchev–Trinajstić information content (AvgIpc) is 1.99. The molecule has 0 saturated heterocycles. The van der Waals surface area contributed by atoms with Crippen LogP contribution in [0.15, 0.2) is 5.57 Å². The molecule has 0 heterocycles. The van der Waals surface area contributed by atoms with E-state index >= 15 is 0 Å². The van der Waals surface area contributed by atoms with Crippen molar-refractivity contribution in [1.82, 2.24) is 0 Å². The number of unbranched alkanes of at least 4 members (excludes halogenated alkanes) is 2. The Kier molecular flexibility index (Phi) is 5.69. The van der Waals surface area contributed by atoms with E-state index in [1.807, 2.05) is 0 Å². The van der Waals surface area contributed by atoms with E-state index < -0.39 is 0 Å². The zero-order chi connectivity index (χ0) is 7.82. The quantitative estimate of drug-likeness (QED) is 0.251. The molecule has 0 fully saturated rings. The molecule has 0 aromatic carbocycles. The second kappa shape index (κ2) is 6.24. The van der Waals surface area contributed by atoms with Gasteiger partial charge < -0.3 is 0 Å². The van der Waals surface area contributed by atoms with Gasteiger partial charge in [0.1, 0.15) is 5.94 Å². The van der Waals surface area contributed by atoms with Crippen molar-refractivity contribution in [2.24, 2.45) is 0 Å². The number of rotatable bonds is 5. The molecule has 0 saturated carbocycles. The number of hydrogen-bond donors (Lipinski definition) is 0. The summed E-state index contributed by atoms with van der Waals surface area (Å²) in [7, 11) is 0. The number of hydrogen-bond acceptors (Lipinski definition) is 2. The summed E-state index contributed by atoms with van der Waals surface area (Å²) in [5.41, 5.74) is 0.258. The third-order valence-corrected chi connectivity index (χ3v) is 1.32. The highest BCUT2D eigenvalue weighted by atomic mass is 16.1. The molecule has 0 radical (unpaired) electrons. The lowest BCUT2D eigenvalue weighted by atomic mass is 10.1. The van der Waals surface area contributed by atoms with Crippen molar-refractivity contribution in [3.05, 3.63) is 5.57 Å². The van der Waals surface area contributed by atoms with Crippen LogP contribution < -0.4 is 0 Å². The predicted molar refractivity (Wildman–Crippen MR) is 39.4 cm³/mol. The van der Waals surface area contributed by atoms with Gasteiger partial charge in [0.2, 0.25) is 0 Å². The summed E-state index contributed by atoms with van der Waals surface area (Å²) in [4.78, 5) is 20.0. The van der Waals surface area contributed by atoms with Crippen molar-refractivity contribution in [2.45, 2.75) is 32.6 Å². The van der Waals surface area contributed by atoms with E-state index in [1.54, 1.807) is 5.94 Å². The molecule has 0 spiro atoms. The minimum Gasteiger partial charge on any atom is -0.297 e. The Balaban J connectivity index is 3.46. The molecule has 0 aliphatic rings. The highest BCUT2D eigenvalue weighted by molar-refractivity contribution is 5.85. The van der Waals surface area contributed by atoms with Crippen molar-refractivity contribution >= 4 is 12.2 Å². The molecule has 0 N–H and O–H groups in total. The molecule has 0 aliphatic carbocycles. The SMILES string of the molecule is CCCCCC(=C=O)C=O. The topological polar surface area (TPSA) is 34.1 Å². The highest BCUT2D eigenvalue weighted by Crippen LogP contribution is 2.03. The fraction of sp³-hybridized carbons (Fsp3) is 0.625. The third kappa shape index (κ3) is 4.04. The maximum Gasteiger partial charge on any atom is 0.157 e. The molecule has 0 bridgehead atoms. The van der Waals surface area contributed by atoms with Gasteiger partial charge in [-0.05, 0) is 12.8 Å². The summed E-state index contributed by atoms with van der Waals surface area (Å²) < 4.78 is 0. The number of aldehydes is 1. The number of allylic oxidation sites excluding steroid dienone is 1. The summed E-state index contributed by atoms with van der Waals surface area (Å²) in [6, 6.07) is 0. The van der Waals surface area contributed by atoms with E-state index in [9.17, 15) is 9.59 Å². The Morgan fingerprint density at radius 3 is 2.60 bits per heavy atom. The second-order valence-electron chi connectivity index (χ2n) is 2.20. The molecule has 0 atom stereocenters. The maximum atomic E-state index is 10.0. The standard InChI is InChI=1S/C8H12O2/c1-2-3-4-5-8(6-9)7-10/h6H,2-5H2,1H3. The lowest BCUT2D eigenvalue weighted by Gasteiger charge is -1.92. The smallest absolute Gasteiger partial charge is 0.157 e. The molecule has 2 nitrogen and oxygen atoms in total. The molecule has 0 unspecified atom stereocenters. The van der Waals surface area contributed by atoms with Crippen LogP contribution in [0.2, 0.25) is 0 Å². The Hall–Kier alpha value is -0.880. The van der Waals surface area contributed by atoms with Gasteiger partial charge in [0.15, 0.2) is 6.29 Å². The van der Waals surface area contributed by atoms with Gasteiger partial charge in [-0.15, -0.1) is 0 Å². The lowest BCUT2D eigenvalue weighted by molar-refractivity contribution is -0.104. The molecule has 0 rings (SSSR count). The molecule has 0 aromatic rings. The van der Waals surface area contributed by atoms with Crippen molar-refractivity contribution in [3.63, 3.8) is 0 Å². The van der Waals surface area contributed by atoms with Gasteiger partial charge in [-0.3, -0.25) is 4.79 Å². The van der Waals surface area contributed by atoms with Gasteiger partial charge in [0.25, 0.3) is 0 Å². The van der Waals surface area contributed by atoms with Crippen LogP contribution in [0.25, 0.3) is 0 Å². The van der Waals surface area contributed by atoms with E-state index in [2.05, 4.69) is 6.92 Å². The van der Waals surface area contributed by atoms with Crippen LogP contribution in [0, 0.1) is 0 Å². The maximum absolute atomic E-state index is 10.0. The first-order valence-electron chi connectivity index (χ1n) is 3.54. The summed E-state index contributed by atoms with van der Waals surface area (Å²) >= 11 is 0. The van der Waals surface area contributed by atoms with E-state index in [-0.39, 0.29) is 5.57 Å². The van der Waals surface area contributed by atoms with Gasteiger partial charge in [-0.2, -0.15) is 0 Å². The first-order chi connectivity index (χ1) is 4.85. The van der Waals surface area contributed by atoms with Crippen LogP contribution in [0.4, 0.5) is 0 Å². The van der Waals surface area contributed by atoms with Crippen molar-refractivity contribution in [2.75, 3.05) is 0 Å². The van der Waals surface area contributed by atoms with E-state index in [4.69, 9.17) is 0 Å². The minimum atomic E-state index is 0.258. The normalized spacial score (nSPS) is 8.50. The lowest BCUT2D eigenvalue weighted by Crippen LogP contribution is -1.85. The first kappa shape index (κ1) is 9.12. The largest absolute Gasteiger partial charge is 0.297 e. The van der Waals surface area contributed by atoms with Crippen LogP contribution in [-0.4, -0.2) is 12.2 Å². The van der Waals surface area contributed by atoms with E-state index in [0.717, 1.165) is 19.3 Å². The van der Waals surface area contributed by atoms with Gasteiger partial charge in [0, 0.05) is 0 Å². The molecule has 0 amide bonds. The van der Waals surface area contributed by atoms with Gasteiger partial charge in [-0.1, -0.05) is 19.8 Å². The van der Waals surface area contributed by atoms with E-state index in [0.29, 0.717) is 12.7 Å².